The molecule has 0 amide bonds. The molecule has 0 aliphatic heterocycles. The standard InChI is InChI=1S/C20H24O4/c1-3-14-24-19(23)12-13-20(2,15-4-8-17(21)9-5-15)16-6-10-18(22)11-7-16/h4-11,21-22H,3,12-14H2,1-2H3. The van der Waals surface area contributed by atoms with Crippen molar-refractivity contribution in [1.29, 1.82) is 0 Å². The van der Waals surface area contributed by atoms with Gasteiger partial charge < -0.3 is 14.9 Å². The normalized spacial score (nSPS) is 11.2. The van der Waals surface area contributed by atoms with Crippen molar-refractivity contribution in [3.05, 3.63) is 59.7 Å². The zero-order valence-electron chi connectivity index (χ0n) is 14.2. The lowest BCUT2D eigenvalue weighted by Crippen LogP contribution is -2.25. The van der Waals surface area contributed by atoms with Crippen LogP contribution in [0.15, 0.2) is 48.5 Å². The highest BCUT2D eigenvalue weighted by atomic mass is 16.5. The Morgan fingerprint density at radius 2 is 1.42 bits per heavy atom. The number of hydrogen-bond acceptors (Lipinski definition) is 4. The van der Waals surface area contributed by atoms with Gasteiger partial charge in [0.1, 0.15) is 11.5 Å². The number of aromatic hydroxyl groups is 2. The minimum atomic E-state index is -0.424. The third-order valence-electron chi connectivity index (χ3n) is 4.31. The van der Waals surface area contributed by atoms with E-state index in [-0.39, 0.29) is 17.5 Å². The highest BCUT2D eigenvalue weighted by molar-refractivity contribution is 5.69. The van der Waals surface area contributed by atoms with Crippen LogP contribution in [-0.2, 0) is 14.9 Å². The molecule has 0 heterocycles. The van der Waals surface area contributed by atoms with Crippen LogP contribution in [0.2, 0.25) is 0 Å². The number of hydrogen-bond donors (Lipinski definition) is 2. The molecule has 0 aromatic heterocycles. The Kier molecular flexibility index (Phi) is 5.85. The first-order valence-corrected chi connectivity index (χ1v) is 8.20. The van der Waals surface area contributed by atoms with Gasteiger partial charge in [-0.25, -0.2) is 0 Å². The van der Waals surface area contributed by atoms with Crippen molar-refractivity contribution in [3.63, 3.8) is 0 Å². The van der Waals surface area contributed by atoms with Crippen LogP contribution < -0.4 is 0 Å². The quantitative estimate of drug-likeness (QED) is 0.750. The first kappa shape index (κ1) is 17.9. The number of phenols is 2. The third-order valence-corrected chi connectivity index (χ3v) is 4.31. The highest BCUT2D eigenvalue weighted by Crippen LogP contribution is 2.37. The number of ether oxygens (including phenoxy) is 1. The summed E-state index contributed by atoms with van der Waals surface area (Å²) < 4.78 is 5.18. The van der Waals surface area contributed by atoms with Crippen LogP contribution in [0.1, 0.15) is 44.2 Å². The lowest BCUT2D eigenvalue weighted by Gasteiger charge is -2.31. The van der Waals surface area contributed by atoms with E-state index in [4.69, 9.17) is 4.74 Å². The number of esters is 1. The van der Waals surface area contributed by atoms with Gasteiger partial charge in [0.25, 0.3) is 0 Å². The summed E-state index contributed by atoms with van der Waals surface area (Å²) in [6.07, 6.45) is 1.68. The van der Waals surface area contributed by atoms with E-state index in [2.05, 4.69) is 6.92 Å². The van der Waals surface area contributed by atoms with E-state index >= 15 is 0 Å². The van der Waals surface area contributed by atoms with Crippen LogP contribution in [-0.4, -0.2) is 22.8 Å². The lowest BCUT2D eigenvalue weighted by molar-refractivity contribution is -0.144. The zero-order valence-corrected chi connectivity index (χ0v) is 14.2. The van der Waals surface area contributed by atoms with Crippen LogP contribution in [0, 0.1) is 0 Å². The second kappa shape index (κ2) is 7.86. The van der Waals surface area contributed by atoms with Crippen molar-refractivity contribution in [2.45, 2.75) is 38.5 Å². The second-order valence-electron chi connectivity index (χ2n) is 6.15. The SMILES string of the molecule is CCCOC(=O)CCC(C)(c1ccc(O)cc1)c1ccc(O)cc1. The van der Waals surface area contributed by atoms with Gasteiger partial charge in [-0.2, -0.15) is 0 Å². The monoisotopic (exact) mass is 328 g/mol. The largest absolute Gasteiger partial charge is 0.508 e. The van der Waals surface area contributed by atoms with Crippen LogP contribution >= 0.6 is 0 Å². The predicted molar refractivity (Wildman–Crippen MR) is 93.2 cm³/mol. The Hall–Kier alpha value is -2.49. The van der Waals surface area contributed by atoms with Crippen LogP contribution in [0.25, 0.3) is 0 Å². The fourth-order valence-corrected chi connectivity index (χ4v) is 2.75. The number of carbonyl (C=O) groups excluding carboxylic acids is 1. The average Bonchev–Trinajstić information content (AvgIpc) is 2.59. The number of phenolic OH excluding ortho intramolecular Hbond substituents is 2. The summed E-state index contributed by atoms with van der Waals surface area (Å²) in [4.78, 5) is 11.9. The lowest BCUT2D eigenvalue weighted by atomic mass is 9.73. The smallest absolute Gasteiger partial charge is 0.305 e. The van der Waals surface area contributed by atoms with Crippen molar-refractivity contribution in [2.75, 3.05) is 6.61 Å². The van der Waals surface area contributed by atoms with Crippen molar-refractivity contribution in [2.24, 2.45) is 0 Å². The summed E-state index contributed by atoms with van der Waals surface area (Å²) in [6, 6.07) is 14.0. The molecule has 0 fully saturated rings. The van der Waals surface area contributed by atoms with Gasteiger partial charge in [0, 0.05) is 11.8 Å². The van der Waals surface area contributed by atoms with Gasteiger partial charge in [-0.1, -0.05) is 38.1 Å². The van der Waals surface area contributed by atoms with Gasteiger partial charge in [0.05, 0.1) is 6.61 Å². The average molecular weight is 328 g/mol. The molecule has 0 radical (unpaired) electrons. The van der Waals surface area contributed by atoms with Crippen LogP contribution in [0.5, 0.6) is 11.5 Å². The molecule has 0 aliphatic rings. The Morgan fingerprint density at radius 3 is 1.83 bits per heavy atom. The molecule has 2 rings (SSSR count). The molecule has 0 aliphatic carbocycles. The first-order chi connectivity index (χ1) is 11.5. The molecule has 2 N–H and O–H groups in total. The maximum Gasteiger partial charge on any atom is 0.305 e. The molecule has 4 nitrogen and oxygen atoms in total. The number of rotatable bonds is 7. The van der Waals surface area contributed by atoms with E-state index < -0.39 is 5.41 Å². The number of benzene rings is 2. The number of carbonyl (C=O) groups is 1. The minimum Gasteiger partial charge on any atom is -0.508 e. The molecule has 2 aromatic carbocycles. The van der Waals surface area contributed by atoms with Gasteiger partial charge in [0.15, 0.2) is 0 Å². The molecular weight excluding hydrogens is 304 g/mol. The predicted octanol–water partition coefficient (Wildman–Crippen LogP) is 4.14. The maximum atomic E-state index is 11.9. The third kappa shape index (κ3) is 4.28. The van der Waals surface area contributed by atoms with E-state index in [0.29, 0.717) is 19.4 Å². The summed E-state index contributed by atoms with van der Waals surface area (Å²) in [5.74, 6) is 0.198. The Labute approximate surface area is 142 Å². The molecule has 0 bridgehead atoms. The fraction of sp³-hybridized carbons (Fsp3) is 0.350. The van der Waals surface area contributed by atoms with Crippen molar-refractivity contribution >= 4 is 5.97 Å². The van der Waals surface area contributed by atoms with Gasteiger partial charge >= 0.3 is 5.97 Å². The Morgan fingerprint density at radius 1 is 0.958 bits per heavy atom. The van der Waals surface area contributed by atoms with Gasteiger partial charge in [-0.05, 0) is 48.2 Å². The maximum absolute atomic E-state index is 11.9. The molecule has 0 saturated heterocycles. The van der Waals surface area contributed by atoms with Crippen molar-refractivity contribution < 1.29 is 19.7 Å². The van der Waals surface area contributed by atoms with Crippen LogP contribution in [0.4, 0.5) is 0 Å². The summed E-state index contributed by atoms with van der Waals surface area (Å²) in [7, 11) is 0. The topological polar surface area (TPSA) is 66.8 Å². The molecule has 0 spiro atoms. The summed E-state index contributed by atoms with van der Waals surface area (Å²) in [6.45, 7) is 4.46. The van der Waals surface area contributed by atoms with E-state index in [1.165, 1.54) is 0 Å². The van der Waals surface area contributed by atoms with Crippen molar-refractivity contribution in [3.8, 4) is 11.5 Å². The highest BCUT2D eigenvalue weighted by Gasteiger charge is 2.30. The fourth-order valence-electron chi connectivity index (χ4n) is 2.75. The second-order valence-corrected chi connectivity index (χ2v) is 6.15. The molecule has 4 heteroatoms. The molecular formula is C20H24O4. The molecule has 128 valence electrons. The van der Waals surface area contributed by atoms with E-state index in [1.807, 2.05) is 31.2 Å². The van der Waals surface area contributed by atoms with Crippen LogP contribution in [0.3, 0.4) is 0 Å². The molecule has 0 atom stereocenters. The molecule has 0 unspecified atom stereocenters. The molecule has 24 heavy (non-hydrogen) atoms. The Bertz CT molecular complexity index is 614. The van der Waals surface area contributed by atoms with Gasteiger partial charge in [-0.15, -0.1) is 0 Å². The van der Waals surface area contributed by atoms with E-state index in [1.54, 1.807) is 24.3 Å². The zero-order chi connectivity index (χ0) is 17.6. The van der Waals surface area contributed by atoms with E-state index in [0.717, 1.165) is 17.5 Å². The summed E-state index contributed by atoms with van der Waals surface area (Å²) in [5.41, 5.74) is 1.57. The Balaban J connectivity index is 2.28. The first-order valence-electron chi connectivity index (χ1n) is 8.20. The minimum absolute atomic E-state index is 0.203. The van der Waals surface area contributed by atoms with Gasteiger partial charge in [0.2, 0.25) is 0 Å². The molecule has 2 aromatic rings. The van der Waals surface area contributed by atoms with Gasteiger partial charge in [-0.3, -0.25) is 4.79 Å². The van der Waals surface area contributed by atoms with Crippen molar-refractivity contribution in [1.82, 2.24) is 0 Å². The van der Waals surface area contributed by atoms with E-state index in [9.17, 15) is 15.0 Å². The summed E-state index contributed by atoms with van der Waals surface area (Å²) >= 11 is 0. The summed E-state index contributed by atoms with van der Waals surface area (Å²) in [5, 5.41) is 19.1. The molecule has 0 saturated carbocycles.